The van der Waals surface area contributed by atoms with Crippen molar-refractivity contribution >= 4 is 5.91 Å². The Morgan fingerprint density at radius 2 is 2.00 bits per heavy atom. The number of alkyl halides is 3. The molecule has 0 aliphatic rings. The second-order valence-corrected chi connectivity index (χ2v) is 3.24. The third kappa shape index (κ3) is 5.80. The summed E-state index contributed by atoms with van der Waals surface area (Å²) in [5.41, 5.74) is 5.45. The molecule has 0 spiro atoms. The molecule has 1 atom stereocenters. The van der Waals surface area contributed by atoms with Gasteiger partial charge in [-0.15, -0.1) is 0 Å². The number of nitrogens with zero attached hydrogens (tertiary/aromatic N) is 1. The van der Waals surface area contributed by atoms with E-state index in [-0.39, 0.29) is 12.5 Å². The first-order valence-electron chi connectivity index (χ1n) is 4.32. The summed E-state index contributed by atoms with van der Waals surface area (Å²) in [6.45, 7) is 0.559. The van der Waals surface area contributed by atoms with Crippen LogP contribution in [0.15, 0.2) is 0 Å². The Labute approximate surface area is 81.1 Å². The number of nitrogens with two attached hydrogens (primary N) is 1. The molecule has 14 heavy (non-hydrogen) atoms. The first-order valence-corrected chi connectivity index (χ1v) is 4.32. The Bertz CT molecular complexity index is 194. The van der Waals surface area contributed by atoms with Gasteiger partial charge in [0.1, 0.15) is 6.54 Å². The zero-order valence-electron chi connectivity index (χ0n) is 8.27. The number of carbonyl (C=O) groups is 1. The van der Waals surface area contributed by atoms with Crippen LogP contribution in [0.25, 0.3) is 0 Å². The van der Waals surface area contributed by atoms with Gasteiger partial charge in [-0.05, 0) is 6.42 Å². The fraction of sp³-hybridized carbons (Fsp3) is 0.875. The van der Waals surface area contributed by atoms with Crippen LogP contribution in [0.2, 0.25) is 0 Å². The second-order valence-electron chi connectivity index (χ2n) is 3.24. The Hall–Kier alpha value is -0.780. The van der Waals surface area contributed by atoms with Gasteiger partial charge in [-0.25, -0.2) is 0 Å². The van der Waals surface area contributed by atoms with Crippen molar-refractivity contribution in [3.63, 3.8) is 0 Å². The van der Waals surface area contributed by atoms with Crippen LogP contribution in [0.5, 0.6) is 0 Å². The lowest BCUT2D eigenvalue weighted by Crippen LogP contribution is -2.38. The van der Waals surface area contributed by atoms with Crippen molar-refractivity contribution in [3.05, 3.63) is 0 Å². The van der Waals surface area contributed by atoms with Gasteiger partial charge in [0, 0.05) is 19.5 Å². The highest BCUT2D eigenvalue weighted by Gasteiger charge is 2.31. The summed E-state index contributed by atoms with van der Waals surface area (Å²) in [6, 6.07) is -0.363. The highest BCUT2D eigenvalue weighted by molar-refractivity contribution is 5.76. The largest absolute Gasteiger partial charge is 0.406 e. The molecule has 6 heteroatoms. The smallest absolute Gasteiger partial charge is 0.337 e. The molecule has 0 aliphatic carbocycles. The van der Waals surface area contributed by atoms with Crippen molar-refractivity contribution in [1.82, 2.24) is 4.90 Å². The predicted molar refractivity (Wildman–Crippen MR) is 46.6 cm³/mol. The van der Waals surface area contributed by atoms with E-state index >= 15 is 0 Å². The fourth-order valence-corrected chi connectivity index (χ4v) is 0.882. The van der Waals surface area contributed by atoms with E-state index in [0.29, 0.717) is 11.3 Å². The van der Waals surface area contributed by atoms with Crippen molar-refractivity contribution in [1.29, 1.82) is 0 Å². The Morgan fingerprint density at radius 1 is 1.50 bits per heavy atom. The van der Waals surface area contributed by atoms with Crippen LogP contribution in [-0.2, 0) is 4.79 Å². The Kier molecular flexibility index (Phi) is 4.90. The summed E-state index contributed by atoms with van der Waals surface area (Å²) >= 11 is 0. The summed E-state index contributed by atoms with van der Waals surface area (Å²) in [4.78, 5) is 11.8. The third-order valence-corrected chi connectivity index (χ3v) is 1.80. The first kappa shape index (κ1) is 13.2. The van der Waals surface area contributed by atoms with Gasteiger partial charge in [0.2, 0.25) is 5.91 Å². The molecule has 1 amide bonds. The highest BCUT2D eigenvalue weighted by Crippen LogP contribution is 2.16. The van der Waals surface area contributed by atoms with E-state index in [1.807, 2.05) is 0 Å². The number of amides is 1. The Morgan fingerprint density at radius 3 is 2.36 bits per heavy atom. The molecule has 0 aromatic heterocycles. The van der Waals surface area contributed by atoms with Crippen molar-refractivity contribution in [3.8, 4) is 0 Å². The van der Waals surface area contributed by atoms with Crippen LogP contribution in [0.4, 0.5) is 13.2 Å². The van der Waals surface area contributed by atoms with Crippen molar-refractivity contribution in [2.24, 2.45) is 5.73 Å². The summed E-state index contributed by atoms with van der Waals surface area (Å²) in [5, 5.41) is 0. The molecule has 84 valence electrons. The molecule has 0 saturated heterocycles. The van der Waals surface area contributed by atoms with Gasteiger partial charge in [0.05, 0.1) is 0 Å². The summed E-state index contributed by atoms with van der Waals surface area (Å²) in [5.74, 6) is -0.573. The number of hydrogen-bond donors (Lipinski definition) is 1. The molecule has 0 bridgehead atoms. The van der Waals surface area contributed by atoms with Crippen LogP contribution in [0.3, 0.4) is 0 Å². The van der Waals surface area contributed by atoms with E-state index in [9.17, 15) is 18.0 Å². The predicted octanol–water partition coefficient (Wildman–Crippen LogP) is 1.13. The quantitative estimate of drug-likeness (QED) is 0.759. The van der Waals surface area contributed by atoms with E-state index in [4.69, 9.17) is 5.73 Å². The molecule has 0 fully saturated rings. The normalized spacial score (nSPS) is 13.9. The van der Waals surface area contributed by atoms with Gasteiger partial charge >= 0.3 is 6.18 Å². The summed E-state index contributed by atoms with van der Waals surface area (Å²) in [6.07, 6.45) is -3.81. The van der Waals surface area contributed by atoms with Crippen molar-refractivity contribution < 1.29 is 18.0 Å². The first-order chi connectivity index (χ1) is 6.26. The van der Waals surface area contributed by atoms with Gasteiger partial charge in [-0.1, -0.05) is 6.92 Å². The molecule has 0 aliphatic heterocycles. The SMILES string of the molecule is CCC(N)CC(=O)N(C)CC(F)(F)F. The molecule has 2 N–H and O–H groups in total. The van der Waals surface area contributed by atoms with Crippen molar-refractivity contribution in [2.45, 2.75) is 32.0 Å². The van der Waals surface area contributed by atoms with Crippen LogP contribution in [-0.4, -0.2) is 36.6 Å². The lowest BCUT2D eigenvalue weighted by molar-refractivity contribution is -0.158. The molecular weight excluding hydrogens is 197 g/mol. The zero-order chi connectivity index (χ0) is 11.4. The lowest BCUT2D eigenvalue weighted by Gasteiger charge is -2.20. The zero-order valence-corrected chi connectivity index (χ0v) is 8.27. The molecule has 0 saturated carbocycles. The summed E-state index contributed by atoms with van der Waals surface area (Å²) < 4.78 is 35.6. The minimum absolute atomic E-state index is 0.0386. The molecule has 0 rings (SSSR count). The van der Waals surface area contributed by atoms with Crippen LogP contribution >= 0.6 is 0 Å². The minimum atomic E-state index is -4.35. The molecule has 1 unspecified atom stereocenters. The number of carbonyl (C=O) groups excluding carboxylic acids is 1. The van der Waals surface area contributed by atoms with E-state index in [1.54, 1.807) is 6.92 Å². The van der Waals surface area contributed by atoms with Gasteiger partial charge in [-0.2, -0.15) is 13.2 Å². The maximum absolute atomic E-state index is 11.9. The second kappa shape index (κ2) is 5.19. The number of halogens is 3. The third-order valence-electron chi connectivity index (χ3n) is 1.80. The molecule has 0 aromatic rings. The average molecular weight is 212 g/mol. The van der Waals surface area contributed by atoms with E-state index < -0.39 is 18.6 Å². The van der Waals surface area contributed by atoms with E-state index in [2.05, 4.69) is 0 Å². The monoisotopic (exact) mass is 212 g/mol. The van der Waals surface area contributed by atoms with E-state index in [0.717, 1.165) is 7.05 Å². The van der Waals surface area contributed by atoms with Crippen molar-refractivity contribution in [2.75, 3.05) is 13.6 Å². The van der Waals surface area contributed by atoms with Gasteiger partial charge in [-0.3, -0.25) is 4.79 Å². The standard InChI is InChI=1S/C8H15F3N2O/c1-3-6(12)4-7(14)13(2)5-8(9,10)11/h6H,3-5,12H2,1-2H3. The highest BCUT2D eigenvalue weighted by atomic mass is 19.4. The fourth-order valence-electron chi connectivity index (χ4n) is 0.882. The lowest BCUT2D eigenvalue weighted by atomic mass is 10.1. The maximum atomic E-state index is 11.9. The van der Waals surface area contributed by atoms with Gasteiger partial charge < -0.3 is 10.6 Å². The number of hydrogen-bond acceptors (Lipinski definition) is 2. The topological polar surface area (TPSA) is 46.3 Å². The molecule has 0 heterocycles. The minimum Gasteiger partial charge on any atom is -0.337 e. The molecule has 0 aromatic carbocycles. The van der Waals surface area contributed by atoms with Crippen LogP contribution < -0.4 is 5.73 Å². The molecule has 3 nitrogen and oxygen atoms in total. The molecular formula is C8H15F3N2O. The maximum Gasteiger partial charge on any atom is 0.406 e. The number of rotatable bonds is 4. The Balaban J connectivity index is 4.00. The summed E-state index contributed by atoms with van der Waals surface area (Å²) in [7, 11) is 1.12. The average Bonchev–Trinajstić information content (AvgIpc) is 2.00. The van der Waals surface area contributed by atoms with E-state index in [1.165, 1.54) is 0 Å². The van der Waals surface area contributed by atoms with Crippen LogP contribution in [0, 0.1) is 0 Å². The van der Waals surface area contributed by atoms with Crippen LogP contribution in [0.1, 0.15) is 19.8 Å². The van der Waals surface area contributed by atoms with Gasteiger partial charge in [0.25, 0.3) is 0 Å². The van der Waals surface area contributed by atoms with Gasteiger partial charge in [0.15, 0.2) is 0 Å². The molecule has 0 radical (unpaired) electrons.